The Kier molecular flexibility index (Phi) is 3.73. The first-order valence-electron chi connectivity index (χ1n) is 4.37. The van der Waals surface area contributed by atoms with Gasteiger partial charge in [0.2, 0.25) is 0 Å². The van der Waals surface area contributed by atoms with E-state index in [2.05, 4.69) is 0 Å². The zero-order chi connectivity index (χ0) is 11.4. The predicted octanol–water partition coefficient (Wildman–Crippen LogP) is -0.0522. The van der Waals surface area contributed by atoms with Crippen LogP contribution in [-0.2, 0) is 0 Å². The van der Waals surface area contributed by atoms with Gasteiger partial charge in [0, 0.05) is 18.7 Å². The average molecular weight is 212 g/mol. The first-order valence-corrected chi connectivity index (χ1v) is 4.37. The smallest absolute Gasteiger partial charge is 0.269 e. The molecule has 0 amide bonds. The minimum Gasteiger partial charge on any atom is -0.389 e. The highest BCUT2D eigenvalue weighted by Crippen LogP contribution is 2.19. The Morgan fingerprint density at radius 3 is 2.27 bits per heavy atom. The van der Waals surface area contributed by atoms with Crippen LogP contribution in [-0.4, -0.2) is 27.8 Å². The van der Waals surface area contributed by atoms with Crippen molar-refractivity contribution in [3.05, 3.63) is 39.9 Å². The summed E-state index contributed by atoms with van der Waals surface area (Å²) in [6.45, 7) is -0.0713. The standard InChI is InChI=1S/C9H12N2O4/c10-5-8(12)9(13)6-1-3-7(4-2-6)11(14)15/h1-4,8-9,12-13H,5,10H2. The number of aliphatic hydroxyl groups is 2. The van der Waals surface area contributed by atoms with Crippen LogP contribution in [0.1, 0.15) is 11.7 Å². The molecule has 0 aliphatic carbocycles. The molecule has 2 unspecified atom stereocenters. The molecule has 0 saturated carbocycles. The Morgan fingerprint density at radius 2 is 1.87 bits per heavy atom. The number of rotatable bonds is 4. The van der Waals surface area contributed by atoms with Crippen molar-refractivity contribution in [2.24, 2.45) is 5.73 Å². The highest BCUT2D eigenvalue weighted by molar-refractivity contribution is 5.34. The van der Waals surface area contributed by atoms with Crippen molar-refractivity contribution in [1.29, 1.82) is 0 Å². The summed E-state index contributed by atoms with van der Waals surface area (Å²) >= 11 is 0. The van der Waals surface area contributed by atoms with Crippen molar-refractivity contribution in [3.8, 4) is 0 Å². The van der Waals surface area contributed by atoms with Crippen molar-refractivity contribution in [3.63, 3.8) is 0 Å². The van der Waals surface area contributed by atoms with Gasteiger partial charge in [0.05, 0.1) is 11.0 Å². The Morgan fingerprint density at radius 1 is 1.33 bits per heavy atom. The maximum absolute atomic E-state index is 10.3. The minimum absolute atomic E-state index is 0.0619. The molecule has 0 saturated heterocycles. The van der Waals surface area contributed by atoms with Gasteiger partial charge in [-0.15, -0.1) is 0 Å². The third-order valence-electron chi connectivity index (χ3n) is 2.05. The molecule has 6 nitrogen and oxygen atoms in total. The first-order chi connectivity index (χ1) is 7.06. The molecule has 0 radical (unpaired) electrons. The molecule has 82 valence electrons. The fourth-order valence-corrected chi connectivity index (χ4v) is 1.14. The van der Waals surface area contributed by atoms with Gasteiger partial charge in [-0.3, -0.25) is 10.1 Å². The molecule has 0 aliphatic rings. The van der Waals surface area contributed by atoms with Crippen LogP contribution in [0.2, 0.25) is 0 Å². The summed E-state index contributed by atoms with van der Waals surface area (Å²) < 4.78 is 0. The molecule has 1 rings (SSSR count). The first kappa shape index (κ1) is 11.6. The topological polar surface area (TPSA) is 110 Å². The van der Waals surface area contributed by atoms with Gasteiger partial charge in [0.15, 0.2) is 0 Å². The summed E-state index contributed by atoms with van der Waals surface area (Å²) in [5.41, 5.74) is 5.51. The quantitative estimate of drug-likeness (QED) is 0.478. The van der Waals surface area contributed by atoms with E-state index in [0.29, 0.717) is 5.56 Å². The molecular weight excluding hydrogens is 200 g/mol. The van der Waals surface area contributed by atoms with E-state index in [1.54, 1.807) is 0 Å². The van der Waals surface area contributed by atoms with Gasteiger partial charge >= 0.3 is 0 Å². The van der Waals surface area contributed by atoms with Crippen LogP contribution < -0.4 is 5.73 Å². The zero-order valence-corrected chi connectivity index (χ0v) is 7.91. The van der Waals surface area contributed by atoms with Crippen molar-refractivity contribution < 1.29 is 15.1 Å². The molecule has 0 aromatic heterocycles. The fourth-order valence-electron chi connectivity index (χ4n) is 1.14. The van der Waals surface area contributed by atoms with Gasteiger partial charge in [-0.1, -0.05) is 0 Å². The lowest BCUT2D eigenvalue weighted by molar-refractivity contribution is -0.384. The van der Waals surface area contributed by atoms with E-state index in [1.165, 1.54) is 24.3 Å². The maximum atomic E-state index is 10.3. The number of hydrogen-bond acceptors (Lipinski definition) is 5. The van der Waals surface area contributed by atoms with Gasteiger partial charge in [-0.2, -0.15) is 0 Å². The SMILES string of the molecule is NCC(O)C(O)c1ccc([N+](=O)[O-])cc1. The predicted molar refractivity (Wildman–Crippen MR) is 53.1 cm³/mol. The second-order valence-electron chi connectivity index (χ2n) is 3.10. The van der Waals surface area contributed by atoms with Crippen molar-refractivity contribution in [1.82, 2.24) is 0 Å². The van der Waals surface area contributed by atoms with Crippen LogP contribution in [0.15, 0.2) is 24.3 Å². The molecule has 0 heterocycles. The lowest BCUT2D eigenvalue weighted by Gasteiger charge is -2.15. The van der Waals surface area contributed by atoms with Gasteiger partial charge in [0.1, 0.15) is 6.10 Å². The monoisotopic (exact) mass is 212 g/mol. The largest absolute Gasteiger partial charge is 0.389 e. The number of nitrogens with zero attached hydrogens (tertiary/aromatic N) is 1. The Labute approximate surface area is 86.1 Å². The van der Waals surface area contributed by atoms with E-state index in [1.807, 2.05) is 0 Å². The van der Waals surface area contributed by atoms with Crippen LogP contribution >= 0.6 is 0 Å². The van der Waals surface area contributed by atoms with E-state index in [9.17, 15) is 20.3 Å². The molecule has 0 spiro atoms. The number of aliphatic hydroxyl groups excluding tert-OH is 2. The fraction of sp³-hybridized carbons (Fsp3) is 0.333. The zero-order valence-electron chi connectivity index (χ0n) is 7.91. The molecule has 4 N–H and O–H groups in total. The van der Waals surface area contributed by atoms with Gasteiger partial charge in [0.25, 0.3) is 5.69 Å². The van der Waals surface area contributed by atoms with E-state index in [0.717, 1.165) is 0 Å². The summed E-state index contributed by atoms with van der Waals surface area (Å²) in [4.78, 5) is 9.81. The van der Waals surface area contributed by atoms with E-state index in [4.69, 9.17) is 5.73 Å². The number of nitro benzene ring substituents is 1. The number of nitro groups is 1. The number of benzene rings is 1. The van der Waals surface area contributed by atoms with Crippen molar-refractivity contribution in [2.75, 3.05) is 6.54 Å². The number of non-ortho nitro benzene ring substituents is 1. The summed E-state index contributed by atoms with van der Waals surface area (Å²) in [6.07, 6.45) is -2.18. The van der Waals surface area contributed by atoms with Crippen LogP contribution in [0.5, 0.6) is 0 Å². The Hall–Kier alpha value is -1.50. The van der Waals surface area contributed by atoms with Gasteiger partial charge < -0.3 is 15.9 Å². The lowest BCUT2D eigenvalue weighted by atomic mass is 10.0. The third kappa shape index (κ3) is 2.72. The molecular formula is C9H12N2O4. The molecule has 6 heteroatoms. The lowest BCUT2D eigenvalue weighted by Crippen LogP contribution is -2.27. The van der Waals surface area contributed by atoms with Crippen molar-refractivity contribution in [2.45, 2.75) is 12.2 Å². The third-order valence-corrected chi connectivity index (χ3v) is 2.05. The molecule has 0 bridgehead atoms. The van der Waals surface area contributed by atoms with Gasteiger partial charge in [-0.05, 0) is 17.7 Å². The number of hydrogen-bond donors (Lipinski definition) is 3. The highest BCUT2D eigenvalue weighted by Gasteiger charge is 2.17. The van der Waals surface area contributed by atoms with Crippen LogP contribution in [0.3, 0.4) is 0 Å². The van der Waals surface area contributed by atoms with E-state index < -0.39 is 17.1 Å². The molecule has 0 aliphatic heterocycles. The molecule has 0 fully saturated rings. The minimum atomic E-state index is -1.11. The Balaban J connectivity index is 2.84. The second kappa shape index (κ2) is 4.83. The number of nitrogens with two attached hydrogens (primary N) is 1. The summed E-state index contributed by atoms with van der Waals surface area (Å²) in [7, 11) is 0. The molecule has 1 aromatic rings. The van der Waals surface area contributed by atoms with Crippen LogP contribution in [0.25, 0.3) is 0 Å². The molecule has 1 aromatic carbocycles. The average Bonchev–Trinajstić information content (AvgIpc) is 2.27. The van der Waals surface area contributed by atoms with Crippen molar-refractivity contribution >= 4 is 5.69 Å². The van der Waals surface area contributed by atoms with E-state index >= 15 is 0 Å². The Bertz CT molecular complexity index is 338. The van der Waals surface area contributed by atoms with Crippen LogP contribution in [0.4, 0.5) is 5.69 Å². The van der Waals surface area contributed by atoms with Crippen LogP contribution in [0, 0.1) is 10.1 Å². The van der Waals surface area contributed by atoms with E-state index in [-0.39, 0.29) is 12.2 Å². The summed E-state index contributed by atoms with van der Waals surface area (Å²) in [5.74, 6) is 0. The van der Waals surface area contributed by atoms with Gasteiger partial charge in [-0.25, -0.2) is 0 Å². The normalized spacial score (nSPS) is 14.6. The molecule has 2 atom stereocenters. The highest BCUT2D eigenvalue weighted by atomic mass is 16.6. The second-order valence-corrected chi connectivity index (χ2v) is 3.10. The summed E-state index contributed by atoms with van der Waals surface area (Å²) in [5, 5.41) is 29.1. The summed E-state index contributed by atoms with van der Waals surface area (Å²) in [6, 6.07) is 5.31. The maximum Gasteiger partial charge on any atom is 0.269 e. The molecule has 15 heavy (non-hydrogen) atoms.